The van der Waals surface area contributed by atoms with E-state index >= 15 is 0 Å². The molecule has 1 nitrogen and oxygen atoms in total. The number of alkyl halides is 9. The molecule has 0 saturated heterocycles. The standard InChI is InChI=1S/C10H9F9O/c1-3-6(2,20)4-5-7(11,12)8(13,14)9(15,16)10(17,18)19/h20H,3H2,1-2H3. The highest BCUT2D eigenvalue weighted by Crippen LogP contribution is 2.52. The van der Waals surface area contributed by atoms with Crippen LogP contribution in [-0.4, -0.2) is 34.7 Å². The van der Waals surface area contributed by atoms with E-state index in [-0.39, 0.29) is 6.42 Å². The molecule has 0 amide bonds. The molecule has 0 rings (SSSR count). The quantitative estimate of drug-likeness (QED) is 0.623. The lowest BCUT2D eigenvalue weighted by Crippen LogP contribution is -2.60. The van der Waals surface area contributed by atoms with Crippen molar-refractivity contribution < 1.29 is 44.6 Å². The van der Waals surface area contributed by atoms with E-state index in [1.54, 1.807) is 0 Å². The average molecular weight is 316 g/mol. The van der Waals surface area contributed by atoms with Crippen molar-refractivity contribution in [1.82, 2.24) is 0 Å². The van der Waals surface area contributed by atoms with Crippen LogP contribution in [-0.2, 0) is 0 Å². The third kappa shape index (κ3) is 3.31. The topological polar surface area (TPSA) is 20.2 Å². The summed E-state index contributed by atoms with van der Waals surface area (Å²) in [4.78, 5) is 0. The predicted octanol–water partition coefficient (Wildman–Crippen LogP) is 3.62. The molecule has 0 spiro atoms. The van der Waals surface area contributed by atoms with Crippen LogP contribution < -0.4 is 0 Å². The van der Waals surface area contributed by atoms with Crippen molar-refractivity contribution >= 4 is 0 Å². The summed E-state index contributed by atoms with van der Waals surface area (Å²) >= 11 is 0. The van der Waals surface area contributed by atoms with Gasteiger partial charge in [-0.25, -0.2) is 0 Å². The number of aliphatic hydroxyl groups is 1. The Labute approximate surface area is 107 Å². The van der Waals surface area contributed by atoms with E-state index in [0.29, 0.717) is 5.92 Å². The van der Waals surface area contributed by atoms with Gasteiger partial charge >= 0.3 is 23.9 Å². The summed E-state index contributed by atoms with van der Waals surface area (Å²) in [5.74, 6) is -18.3. The smallest absolute Gasteiger partial charge is 0.378 e. The minimum Gasteiger partial charge on any atom is -0.378 e. The molecule has 0 aromatic heterocycles. The Bertz CT molecular complexity index is 411. The predicted molar refractivity (Wildman–Crippen MR) is 49.6 cm³/mol. The van der Waals surface area contributed by atoms with Crippen molar-refractivity contribution in [2.75, 3.05) is 0 Å². The lowest BCUT2D eigenvalue weighted by atomic mass is 10.0. The fourth-order valence-electron chi connectivity index (χ4n) is 0.755. The van der Waals surface area contributed by atoms with Gasteiger partial charge < -0.3 is 5.11 Å². The Morgan fingerprint density at radius 1 is 0.800 bits per heavy atom. The molecule has 0 fully saturated rings. The molecule has 20 heavy (non-hydrogen) atoms. The summed E-state index contributed by atoms with van der Waals surface area (Å²) in [6.45, 7) is 2.01. The van der Waals surface area contributed by atoms with Gasteiger partial charge in [0.15, 0.2) is 0 Å². The Kier molecular flexibility index (Phi) is 4.74. The van der Waals surface area contributed by atoms with Crippen LogP contribution in [0, 0.1) is 11.8 Å². The van der Waals surface area contributed by atoms with Crippen molar-refractivity contribution in [2.45, 2.75) is 49.8 Å². The summed E-state index contributed by atoms with van der Waals surface area (Å²) < 4.78 is 111. The first-order chi connectivity index (χ1) is 8.52. The first-order valence-electron chi connectivity index (χ1n) is 4.99. The van der Waals surface area contributed by atoms with Crippen LogP contribution in [0.3, 0.4) is 0 Å². The highest BCUT2D eigenvalue weighted by Gasteiger charge is 2.81. The van der Waals surface area contributed by atoms with Crippen LogP contribution in [0.25, 0.3) is 0 Å². The van der Waals surface area contributed by atoms with Crippen molar-refractivity contribution in [3.8, 4) is 11.8 Å². The second kappa shape index (κ2) is 5.02. The van der Waals surface area contributed by atoms with Crippen LogP contribution >= 0.6 is 0 Å². The maximum atomic E-state index is 12.9. The van der Waals surface area contributed by atoms with Crippen molar-refractivity contribution in [2.24, 2.45) is 0 Å². The average Bonchev–Trinajstić information content (AvgIpc) is 2.24. The van der Waals surface area contributed by atoms with Gasteiger partial charge in [0.25, 0.3) is 0 Å². The maximum Gasteiger partial charge on any atom is 0.460 e. The Morgan fingerprint density at radius 3 is 1.50 bits per heavy atom. The van der Waals surface area contributed by atoms with Crippen LogP contribution in [0.5, 0.6) is 0 Å². The molecule has 0 saturated carbocycles. The number of rotatable bonds is 3. The van der Waals surface area contributed by atoms with Crippen LogP contribution in [0.15, 0.2) is 0 Å². The van der Waals surface area contributed by atoms with Crippen molar-refractivity contribution in [1.29, 1.82) is 0 Å². The van der Waals surface area contributed by atoms with Gasteiger partial charge in [0.2, 0.25) is 0 Å². The number of hydrogen-bond acceptors (Lipinski definition) is 1. The van der Waals surface area contributed by atoms with Crippen LogP contribution in [0.4, 0.5) is 39.5 Å². The fraction of sp³-hybridized carbons (Fsp3) is 0.800. The molecule has 0 aliphatic carbocycles. The summed E-state index contributed by atoms with van der Waals surface area (Å²) in [6.07, 6.45) is -7.22. The zero-order valence-electron chi connectivity index (χ0n) is 10.1. The van der Waals surface area contributed by atoms with E-state index in [4.69, 9.17) is 5.11 Å². The van der Waals surface area contributed by atoms with E-state index in [1.807, 2.05) is 0 Å². The van der Waals surface area contributed by atoms with Crippen molar-refractivity contribution in [3.63, 3.8) is 0 Å². The number of hydrogen-bond donors (Lipinski definition) is 1. The SMILES string of the molecule is CCC(C)(O)C#CC(F)(F)C(F)(F)C(F)(F)C(F)(F)F. The normalized spacial score (nSPS) is 17.2. The first-order valence-corrected chi connectivity index (χ1v) is 4.99. The summed E-state index contributed by atoms with van der Waals surface area (Å²) in [5, 5.41) is 9.15. The maximum absolute atomic E-state index is 12.9. The van der Waals surface area contributed by atoms with Gasteiger partial charge in [-0.15, -0.1) is 0 Å². The minimum absolute atomic E-state index is 0.305. The minimum atomic E-state index is -6.98. The third-order valence-electron chi connectivity index (χ3n) is 2.32. The second-order valence-corrected chi connectivity index (χ2v) is 4.10. The van der Waals surface area contributed by atoms with E-state index in [9.17, 15) is 39.5 Å². The molecular formula is C10H9F9O. The monoisotopic (exact) mass is 316 g/mol. The van der Waals surface area contributed by atoms with Crippen LogP contribution in [0.2, 0.25) is 0 Å². The molecule has 0 aliphatic rings. The van der Waals surface area contributed by atoms with Gasteiger partial charge in [-0.1, -0.05) is 12.8 Å². The molecule has 10 heteroatoms. The molecule has 1 N–H and O–H groups in total. The molecular weight excluding hydrogens is 307 g/mol. The summed E-state index contributed by atoms with van der Waals surface area (Å²) in [6, 6.07) is 0. The Hall–Kier alpha value is -1.11. The first kappa shape index (κ1) is 18.9. The van der Waals surface area contributed by atoms with Gasteiger partial charge in [-0.2, -0.15) is 39.5 Å². The van der Waals surface area contributed by atoms with E-state index in [0.717, 1.165) is 12.8 Å². The summed E-state index contributed by atoms with van der Waals surface area (Å²) in [5.41, 5.74) is -2.23. The molecule has 118 valence electrons. The molecule has 0 radical (unpaired) electrons. The number of halogens is 9. The fourth-order valence-corrected chi connectivity index (χ4v) is 0.755. The lowest BCUT2D eigenvalue weighted by molar-refractivity contribution is -0.386. The van der Waals surface area contributed by atoms with E-state index in [1.165, 1.54) is 6.92 Å². The molecule has 0 heterocycles. The zero-order chi connectivity index (χ0) is 16.6. The molecule has 0 aliphatic heterocycles. The Balaban J connectivity index is 5.71. The largest absolute Gasteiger partial charge is 0.460 e. The van der Waals surface area contributed by atoms with Gasteiger partial charge in [0.05, 0.1) is 0 Å². The van der Waals surface area contributed by atoms with Gasteiger partial charge in [-0.05, 0) is 19.3 Å². The highest BCUT2D eigenvalue weighted by molar-refractivity contribution is 5.22. The van der Waals surface area contributed by atoms with E-state index < -0.39 is 29.5 Å². The summed E-state index contributed by atoms with van der Waals surface area (Å²) in [7, 11) is 0. The zero-order valence-corrected chi connectivity index (χ0v) is 10.1. The van der Waals surface area contributed by atoms with E-state index in [2.05, 4.69) is 0 Å². The molecule has 1 unspecified atom stereocenters. The molecule has 0 aromatic carbocycles. The Morgan fingerprint density at radius 2 is 1.20 bits per heavy atom. The van der Waals surface area contributed by atoms with Gasteiger partial charge in [-0.3, -0.25) is 0 Å². The van der Waals surface area contributed by atoms with Gasteiger partial charge in [0.1, 0.15) is 5.60 Å². The van der Waals surface area contributed by atoms with Crippen molar-refractivity contribution in [3.05, 3.63) is 0 Å². The molecule has 1 atom stereocenters. The second-order valence-electron chi connectivity index (χ2n) is 4.10. The molecule has 0 bridgehead atoms. The highest BCUT2D eigenvalue weighted by atomic mass is 19.4. The van der Waals surface area contributed by atoms with Crippen LogP contribution in [0.1, 0.15) is 20.3 Å². The molecule has 0 aromatic rings. The lowest BCUT2D eigenvalue weighted by Gasteiger charge is -2.31. The third-order valence-corrected chi connectivity index (χ3v) is 2.32. The van der Waals surface area contributed by atoms with Gasteiger partial charge in [0, 0.05) is 0 Å².